The molecule has 32 heavy (non-hydrogen) atoms. The molecule has 0 radical (unpaired) electrons. The molecule has 1 N–H and O–H groups in total. The van der Waals surface area contributed by atoms with Gasteiger partial charge < -0.3 is 14.9 Å². The first kappa shape index (κ1) is 22.0. The van der Waals surface area contributed by atoms with E-state index in [2.05, 4.69) is 11.8 Å². The summed E-state index contributed by atoms with van der Waals surface area (Å²) < 4.78 is 13.6. The zero-order valence-electron chi connectivity index (χ0n) is 18.2. The predicted octanol–water partition coefficient (Wildman–Crippen LogP) is 1.55. The van der Waals surface area contributed by atoms with Gasteiger partial charge in [0, 0.05) is 23.6 Å². The molecular weight excluding hydrogens is 409 g/mol. The fourth-order valence-corrected chi connectivity index (χ4v) is 4.55. The number of aliphatic hydroxyl groups is 1. The van der Waals surface area contributed by atoms with Gasteiger partial charge in [-0.2, -0.15) is 0 Å². The van der Waals surface area contributed by atoms with Gasteiger partial charge in [-0.25, -0.2) is 4.39 Å². The van der Waals surface area contributed by atoms with Gasteiger partial charge in [0.05, 0.1) is 25.2 Å². The monoisotopic (exact) mass is 435 g/mol. The van der Waals surface area contributed by atoms with Crippen molar-refractivity contribution in [2.24, 2.45) is 0 Å². The van der Waals surface area contributed by atoms with Crippen LogP contribution in [0.25, 0.3) is 0 Å². The van der Waals surface area contributed by atoms with Gasteiger partial charge in [0.25, 0.3) is 5.91 Å². The molecule has 0 saturated carbocycles. The van der Waals surface area contributed by atoms with Crippen LogP contribution in [0.4, 0.5) is 4.39 Å². The van der Waals surface area contributed by atoms with E-state index in [9.17, 15) is 19.1 Å². The minimum absolute atomic E-state index is 0.0739. The smallest absolute Gasteiger partial charge is 0.254 e. The molecule has 6 nitrogen and oxygen atoms in total. The highest BCUT2D eigenvalue weighted by atomic mass is 19.1. The molecule has 166 valence electrons. The predicted molar refractivity (Wildman–Crippen MR) is 118 cm³/mol. The van der Waals surface area contributed by atoms with Crippen molar-refractivity contribution in [1.82, 2.24) is 14.7 Å². The molecule has 0 aromatic heterocycles. The fraction of sp³-hybridized carbons (Fsp3) is 0.360. The Balaban J connectivity index is 1.53. The van der Waals surface area contributed by atoms with E-state index < -0.39 is 5.82 Å². The Hall–Kier alpha value is -3.21. The van der Waals surface area contributed by atoms with Gasteiger partial charge in [0.1, 0.15) is 12.4 Å². The van der Waals surface area contributed by atoms with Crippen molar-refractivity contribution < 1.29 is 19.1 Å². The van der Waals surface area contributed by atoms with Gasteiger partial charge in [-0.15, -0.1) is 0 Å². The number of piperazine rings is 1. The van der Waals surface area contributed by atoms with E-state index in [0.29, 0.717) is 13.1 Å². The molecule has 2 aromatic rings. The van der Waals surface area contributed by atoms with E-state index in [-0.39, 0.29) is 48.5 Å². The van der Waals surface area contributed by atoms with Crippen LogP contribution in [-0.2, 0) is 4.79 Å². The van der Waals surface area contributed by atoms with Crippen molar-refractivity contribution in [3.63, 3.8) is 0 Å². The molecule has 2 aromatic carbocycles. The summed E-state index contributed by atoms with van der Waals surface area (Å²) in [6.07, 6.45) is 0. The van der Waals surface area contributed by atoms with Gasteiger partial charge in [-0.05, 0) is 50.0 Å². The molecule has 0 unspecified atom stereocenters. The second-order valence-corrected chi connectivity index (χ2v) is 8.50. The van der Waals surface area contributed by atoms with E-state index in [1.165, 1.54) is 23.1 Å². The quantitative estimate of drug-likeness (QED) is 0.741. The van der Waals surface area contributed by atoms with E-state index in [1.807, 2.05) is 43.3 Å². The number of hydrogen-bond donors (Lipinski definition) is 1. The lowest BCUT2D eigenvalue weighted by Gasteiger charge is -2.58. The minimum atomic E-state index is -0.489. The Morgan fingerprint density at radius 2 is 1.97 bits per heavy atom. The summed E-state index contributed by atoms with van der Waals surface area (Å²) in [7, 11) is 3.92. The van der Waals surface area contributed by atoms with Gasteiger partial charge in [0.15, 0.2) is 0 Å². The summed E-state index contributed by atoms with van der Waals surface area (Å²) in [5.74, 6) is 5.08. The van der Waals surface area contributed by atoms with E-state index in [1.54, 1.807) is 11.0 Å². The number of benzene rings is 2. The van der Waals surface area contributed by atoms with Crippen LogP contribution in [0.1, 0.15) is 27.4 Å². The van der Waals surface area contributed by atoms with Gasteiger partial charge in [0.2, 0.25) is 5.91 Å². The lowest BCUT2D eigenvalue weighted by molar-refractivity contribution is -0.159. The normalized spacial score (nSPS) is 22.2. The largest absolute Gasteiger partial charge is 0.394 e. The zero-order valence-corrected chi connectivity index (χ0v) is 18.2. The Morgan fingerprint density at radius 1 is 1.22 bits per heavy atom. The number of carbonyl (C=O) groups is 2. The molecule has 2 saturated heterocycles. The van der Waals surface area contributed by atoms with Crippen LogP contribution < -0.4 is 0 Å². The molecule has 2 fully saturated rings. The third-order valence-corrected chi connectivity index (χ3v) is 6.03. The van der Waals surface area contributed by atoms with Crippen LogP contribution in [0.2, 0.25) is 0 Å². The average molecular weight is 435 g/mol. The lowest BCUT2D eigenvalue weighted by atomic mass is 9.73. The number of aliphatic hydroxyl groups excluding tert-OH is 1. The van der Waals surface area contributed by atoms with E-state index in [4.69, 9.17) is 0 Å². The summed E-state index contributed by atoms with van der Waals surface area (Å²) in [5, 5.41) is 9.94. The van der Waals surface area contributed by atoms with Crippen molar-refractivity contribution in [1.29, 1.82) is 0 Å². The lowest BCUT2D eigenvalue weighted by Crippen LogP contribution is -2.73. The third-order valence-electron chi connectivity index (χ3n) is 6.03. The highest BCUT2D eigenvalue weighted by Crippen LogP contribution is 2.43. The number of carbonyl (C=O) groups excluding carboxylic acids is 2. The highest BCUT2D eigenvalue weighted by Gasteiger charge is 2.54. The number of nitrogens with zero attached hydrogens (tertiary/aromatic N) is 3. The Bertz CT molecular complexity index is 1070. The molecule has 0 spiro atoms. The molecule has 2 amide bonds. The van der Waals surface area contributed by atoms with E-state index in [0.717, 1.165) is 11.1 Å². The standard InChI is InChI=1S/C25H26FN3O3/c1-27(2)12-4-5-17-8-10-18(11-9-17)24-21-14-28(15-23(31)29(21)22(24)16-30)25(32)19-6-3-7-20(26)13-19/h3,6-11,13,21-22,24,30H,12,14-16H2,1-2H3/t21-,22-,24+/m1/s1. The Morgan fingerprint density at radius 3 is 2.62 bits per heavy atom. The van der Waals surface area contributed by atoms with Crippen LogP contribution in [0.15, 0.2) is 48.5 Å². The van der Waals surface area contributed by atoms with Crippen LogP contribution in [0, 0.1) is 17.7 Å². The van der Waals surface area contributed by atoms with Crippen molar-refractivity contribution in [2.45, 2.75) is 18.0 Å². The second kappa shape index (κ2) is 9.11. The first-order valence-electron chi connectivity index (χ1n) is 10.6. The molecule has 4 rings (SSSR count). The molecule has 0 aliphatic carbocycles. The van der Waals surface area contributed by atoms with Crippen LogP contribution in [0.5, 0.6) is 0 Å². The maximum absolute atomic E-state index is 13.6. The summed E-state index contributed by atoms with van der Waals surface area (Å²) in [5.41, 5.74) is 2.12. The number of halogens is 1. The summed E-state index contributed by atoms with van der Waals surface area (Å²) in [6, 6.07) is 12.8. The summed E-state index contributed by atoms with van der Waals surface area (Å²) in [6.45, 7) is 0.794. The first-order valence-corrected chi connectivity index (χ1v) is 10.6. The fourth-order valence-electron chi connectivity index (χ4n) is 4.55. The maximum atomic E-state index is 13.6. The molecule has 3 atom stereocenters. The molecule has 2 aliphatic rings. The molecule has 2 heterocycles. The number of fused-ring (bicyclic) bond motifs is 1. The van der Waals surface area contributed by atoms with Crippen LogP contribution in [0.3, 0.4) is 0 Å². The van der Waals surface area contributed by atoms with Gasteiger partial charge >= 0.3 is 0 Å². The molecule has 2 aliphatic heterocycles. The Kier molecular flexibility index (Phi) is 6.26. The first-order chi connectivity index (χ1) is 15.4. The van der Waals surface area contributed by atoms with Gasteiger partial charge in [-0.1, -0.05) is 30.0 Å². The van der Waals surface area contributed by atoms with Crippen molar-refractivity contribution >= 4 is 11.8 Å². The topological polar surface area (TPSA) is 64.1 Å². The summed E-state index contributed by atoms with van der Waals surface area (Å²) >= 11 is 0. The van der Waals surface area contributed by atoms with Crippen LogP contribution >= 0.6 is 0 Å². The highest BCUT2D eigenvalue weighted by molar-refractivity contribution is 5.97. The molecular formula is C25H26FN3O3. The molecule has 7 heteroatoms. The van der Waals surface area contributed by atoms with Crippen LogP contribution in [-0.4, -0.2) is 84.0 Å². The van der Waals surface area contributed by atoms with Crippen molar-refractivity contribution in [3.05, 3.63) is 71.0 Å². The number of hydrogen-bond acceptors (Lipinski definition) is 4. The van der Waals surface area contributed by atoms with Crippen molar-refractivity contribution in [3.8, 4) is 11.8 Å². The number of rotatable bonds is 4. The Labute approximate surface area is 187 Å². The number of amides is 2. The third kappa shape index (κ3) is 4.24. The van der Waals surface area contributed by atoms with Crippen molar-refractivity contribution in [2.75, 3.05) is 40.3 Å². The average Bonchev–Trinajstić information content (AvgIpc) is 2.75. The minimum Gasteiger partial charge on any atom is -0.394 e. The maximum Gasteiger partial charge on any atom is 0.254 e. The summed E-state index contributed by atoms with van der Waals surface area (Å²) in [4.78, 5) is 30.8. The second-order valence-electron chi connectivity index (χ2n) is 8.50. The van der Waals surface area contributed by atoms with Gasteiger partial charge in [-0.3, -0.25) is 14.5 Å². The molecule has 0 bridgehead atoms. The SMILES string of the molecule is CN(C)CC#Cc1ccc([C@@H]2[C@@H](CO)N3C(=O)CN(C(=O)c4cccc(F)c4)C[C@H]23)cc1. The van der Waals surface area contributed by atoms with E-state index >= 15 is 0 Å². The zero-order chi connectivity index (χ0) is 22.8.